The van der Waals surface area contributed by atoms with Gasteiger partial charge in [-0.3, -0.25) is 9.78 Å². The van der Waals surface area contributed by atoms with Crippen LogP contribution < -0.4 is 11.0 Å². The number of benzene rings is 1. The molecule has 0 fully saturated rings. The van der Waals surface area contributed by atoms with E-state index in [2.05, 4.69) is 15.5 Å². The summed E-state index contributed by atoms with van der Waals surface area (Å²) in [5.41, 5.74) is 5.16. The first-order chi connectivity index (χ1) is 15.0. The second-order valence-electron chi connectivity index (χ2n) is 7.98. The smallest absolute Gasteiger partial charge is 0.268 e. The number of thiophene rings is 1. The molecule has 1 N–H and O–H groups in total. The summed E-state index contributed by atoms with van der Waals surface area (Å²) < 4.78 is 7.53. The minimum absolute atomic E-state index is 0.106. The molecular weight excluding hydrogens is 410 g/mol. The normalized spacial score (nSPS) is 15.3. The van der Waals surface area contributed by atoms with E-state index in [1.54, 1.807) is 23.2 Å². The maximum atomic E-state index is 13.7. The van der Waals surface area contributed by atoms with E-state index in [0.29, 0.717) is 29.2 Å². The highest BCUT2D eigenvalue weighted by Gasteiger charge is 2.31. The van der Waals surface area contributed by atoms with Crippen molar-refractivity contribution in [1.29, 1.82) is 0 Å². The predicted octanol–water partition coefficient (Wildman–Crippen LogP) is 4.14. The molecule has 1 aromatic carbocycles. The number of hydrazone groups is 1. The van der Waals surface area contributed by atoms with Crippen LogP contribution in [0.15, 0.2) is 64.8 Å². The molecule has 5 rings (SSSR count). The van der Waals surface area contributed by atoms with E-state index in [-0.39, 0.29) is 11.2 Å². The van der Waals surface area contributed by atoms with Crippen LogP contribution in [0.3, 0.4) is 0 Å². The molecule has 0 amide bonds. The van der Waals surface area contributed by atoms with Crippen molar-refractivity contribution in [3.05, 3.63) is 81.2 Å². The number of aromatic nitrogens is 3. The third-order valence-electron chi connectivity index (χ3n) is 5.18. The van der Waals surface area contributed by atoms with Crippen molar-refractivity contribution < 1.29 is 4.74 Å². The third kappa shape index (κ3) is 3.75. The number of anilines is 1. The molecule has 1 aliphatic rings. The SMILES string of the molecule is CC1(C)Cc2c(sc3nc(N/N=C/c4cccnc4)n(-c4ccccc4)c(=O)c23)CO1. The summed E-state index contributed by atoms with van der Waals surface area (Å²) in [6.07, 6.45) is 5.74. The Kier molecular flexibility index (Phi) is 4.88. The zero-order valence-electron chi connectivity index (χ0n) is 17.2. The molecule has 7 nitrogen and oxygen atoms in total. The van der Waals surface area contributed by atoms with E-state index in [9.17, 15) is 4.79 Å². The first kappa shape index (κ1) is 19.6. The Morgan fingerprint density at radius 3 is 2.84 bits per heavy atom. The van der Waals surface area contributed by atoms with Gasteiger partial charge in [-0.2, -0.15) is 5.10 Å². The van der Waals surface area contributed by atoms with Crippen LogP contribution in [-0.4, -0.2) is 26.4 Å². The van der Waals surface area contributed by atoms with Gasteiger partial charge in [0.2, 0.25) is 5.95 Å². The number of fused-ring (bicyclic) bond motifs is 3. The molecule has 0 saturated carbocycles. The second kappa shape index (κ2) is 7.72. The third-order valence-corrected chi connectivity index (χ3v) is 6.28. The van der Waals surface area contributed by atoms with Gasteiger partial charge in [0, 0.05) is 29.3 Å². The number of rotatable bonds is 4. The summed E-state index contributed by atoms with van der Waals surface area (Å²) in [6, 6.07) is 13.2. The summed E-state index contributed by atoms with van der Waals surface area (Å²) in [4.78, 5) is 24.3. The number of nitrogens with zero attached hydrogens (tertiary/aromatic N) is 4. The molecule has 4 heterocycles. The van der Waals surface area contributed by atoms with Gasteiger partial charge < -0.3 is 4.74 Å². The second-order valence-corrected chi connectivity index (χ2v) is 9.06. The first-order valence-electron chi connectivity index (χ1n) is 9.98. The fourth-order valence-corrected chi connectivity index (χ4v) is 4.79. The Balaban J connectivity index is 1.66. The zero-order chi connectivity index (χ0) is 21.4. The molecule has 0 atom stereocenters. The lowest BCUT2D eigenvalue weighted by atomic mass is 9.94. The van der Waals surface area contributed by atoms with Gasteiger partial charge >= 0.3 is 0 Å². The van der Waals surface area contributed by atoms with Crippen LogP contribution in [0.1, 0.15) is 29.9 Å². The molecule has 0 spiro atoms. The van der Waals surface area contributed by atoms with Crippen molar-refractivity contribution in [3.63, 3.8) is 0 Å². The quantitative estimate of drug-likeness (QED) is 0.388. The van der Waals surface area contributed by atoms with Crippen molar-refractivity contribution in [3.8, 4) is 5.69 Å². The summed E-state index contributed by atoms with van der Waals surface area (Å²) >= 11 is 1.51. The predicted molar refractivity (Wildman–Crippen MR) is 123 cm³/mol. The van der Waals surface area contributed by atoms with E-state index in [4.69, 9.17) is 9.72 Å². The van der Waals surface area contributed by atoms with Gasteiger partial charge in [-0.15, -0.1) is 11.3 Å². The average Bonchev–Trinajstić information content (AvgIpc) is 3.12. The lowest BCUT2D eigenvalue weighted by molar-refractivity contribution is -0.0379. The van der Waals surface area contributed by atoms with Gasteiger partial charge in [-0.25, -0.2) is 15.0 Å². The van der Waals surface area contributed by atoms with Crippen LogP contribution in [0.25, 0.3) is 15.9 Å². The Hall–Kier alpha value is -3.36. The number of hydrogen-bond acceptors (Lipinski definition) is 7. The summed E-state index contributed by atoms with van der Waals surface area (Å²) in [5, 5.41) is 4.96. The van der Waals surface area contributed by atoms with E-state index in [1.807, 2.05) is 56.3 Å². The van der Waals surface area contributed by atoms with Gasteiger partial charge in [0.1, 0.15) is 4.83 Å². The van der Waals surface area contributed by atoms with Crippen LogP contribution in [0.5, 0.6) is 0 Å². The maximum absolute atomic E-state index is 13.7. The standard InChI is InChI=1S/C23H21N5O2S/c1-23(2)11-17-18(14-30-23)31-20-19(17)21(29)28(16-8-4-3-5-9-16)22(26-20)27-25-13-15-7-6-10-24-12-15/h3-10,12-13H,11,14H2,1-2H3,(H,26,27)/b25-13+. The van der Waals surface area contributed by atoms with Gasteiger partial charge in [-0.1, -0.05) is 24.3 Å². The van der Waals surface area contributed by atoms with Gasteiger partial charge in [0.15, 0.2) is 0 Å². The summed E-state index contributed by atoms with van der Waals surface area (Å²) in [6.45, 7) is 4.59. The van der Waals surface area contributed by atoms with Crippen LogP contribution >= 0.6 is 11.3 Å². The van der Waals surface area contributed by atoms with Crippen LogP contribution in [0, 0.1) is 0 Å². The Bertz CT molecular complexity index is 1330. The largest absolute Gasteiger partial charge is 0.370 e. The monoisotopic (exact) mass is 431 g/mol. The Morgan fingerprint density at radius 1 is 1.23 bits per heavy atom. The van der Waals surface area contributed by atoms with Gasteiger partial charge in [0.05, 0.1) is 29.5 Å². The highest BCUT2D eigenvalue weighted by Crippen LogP contribution is 2.37. The van der Waals surface area contributed by atoms with Crippen LogP contribution in [0.4, 0.5) is 5.95 Å². The van der Waals surface area contributed by atoms with Crippen molar-refractivity contribution in [2.75, 3.05) is 5.43 Å². The van der Waals surface area contributed by atoms with E-state index < -0.39 is 0 Å². The molecule has 8 heteroatoms. The minimum Gasteiger partial charge on any atom is -0.370 e. The lowest BCUT2D eigenvalue weighted by Gasteiger charge is -2.29. The number of ether oxygens (including phenoxy) is 1. The molecule has 0 saturated heterocycles. The zero-order valence-corrected chi connectivity index (χ0v) is 18.0. The first-order valence-corrected chi connectivity index (χ1v) is 10.8. The molecule has 3 aromatic heterocycles. The molecule has 156 valence electrons. The van der Waals surface area contributed by atoms with Crippen molar-refractivity contribution in [2.45, 2.75) is 32.5 Å². The highest BCUT2D eigenvalue weighted by molar-refractivity contribution is 7.18. The topological polar surface area (TPSA) is 81.4 Å². The molecule has 31 heavy (non-hydrogen) atoms. The molecular formula is C23H21N5O2S. The Labute approximate surface area is 183 Å². The summed E-state index contributed by atoms with van der Waals surface area (Å²) in [7, 11) is 0. The number of pyridine rings is 1. The maximum Gasteiger partial charge on any atom is 0.268 e. The van der Waals surface area contributed by atoms with E-state index in [0.717, 1.165) is 21.7 Å². The number of nitrogens with one attached hydrogen (secondary N) is 1. The van der Waals surface area contributed by atoms with Crippen LogP contribution in [0.2, 0.25) is 0 Å². The molecule has 1 aliphatic heterocycles. The van der Waals surface area contributed by atoms with Gasteiger partial charge in [0.25, 0.3) is 5.56 Å². The molecule has 4 aromatic rings. The van der Waals surface area contributed by atoms with Crippen molar-refractivity contribution >= 4 is 33.7 Å². The van der Waals surface area contributed by atoms with Crippen molar-refractivity contribution in [1.82, 2.24) is 14.5 Å². The molecule has 0 aliphatic carbocycles. The molecule has 0 bridgehead atoms. The summed E-state index contributed by atoms with van der Waals surface area (Å²) in [5.74, 6) is 0.364. The lowest BCUT2D eigenvalue weighted by Crippen LogP contribution is -2.32. The fourth-order valence-electron chi connectivity index (χ4n) is 3.70. The number of hydrogen-bond donors (Lipinski definition) is 1. The van der Waals surface area contributed by atoms with E-state index in [1.165, 1.54) is 11.3 Å². The van der Waals surface area contributed by atoms with E-state index >= 15 is 0 Å². The minimum atomic E-state index is -0.310. The highest BCUT2D eigenvalue weighted by atomic mass is 32.1. The molecule has 0 unspecified atom stereocenters. The van der Waals surface area contributed by atoms with Gasteiger partial charge in [-0.05, 0) is 37.6 Å². The fraction of sp³-hybridized carbons (Fsp3) is 0.217. The number of para-hydroxylation sites is 1. The molecule has 0 radical (unpaired) electrons. The van der Waals surface area contributed by atoms with Crippen LogP contribution in [-0.2, 0) is 17.8 Å². The Morgan fingerprint density at radius 2 is 2.06 bits per heavy atom. The average molecular weight is 432 g/mol. The van der Waals surface area contributed by atoms with Crippen molar-refractivity contribution in [2.24, 2.45) is 5.10 Å².